The highest BCUT2D eigenvalue weighted by atomic mass is 16.5. The van der Waals surface area contributed by atoms with Crippen molar-refractivity contribution < 1.29 is 9.53 Å². The summed E-state index contributed by atoms with van der Waals surface area (Å²) in [5, 5.41) is 5.35. The molecule has 7 nitrogen and oxygen atoms in total. The molecule has 0 bridgehead atoms. The van der Waals surface area contributed by atoms with E-state index in [1.165, 1.54) is 7.11 Å². The van der Waals surface area contributed by atoms with E-state index in [0.29, 0.717) is 16.8 Å². The van der Waals surface area contributed by atoms with Crippen molar-refractivity contribution in [3.63, 3.8) is 0 Å². The molecule has 0 fully saturated rings. The van der Waals surface area contributed by atoms with Crippen LogP contribution in [-0.2, 0) is 9.53 Å². The molecule has 0 amide bonds. The average molecular weight is 312 g/mol. The average Bonchev–Trinajstić information content (AvgIpc) is 2.90. The summed E-state index contributed by atoms with van der Waals surface area (Å²) in [6.07, 6.45) is 3.30. The van der Waals surface area contributed by atoms with Crippen LogP contribution >= 0.6 is 0 Å². The molecule has 0 saturated heterocycles. The molecular formula is C16H16N4O3. The van der Waals surface area contributed by atoms with Gasteiger partial charge >= 0.3 is 5.97 Å². The van der Waals surface area contributed by atoms with Crippen LogP contribution in [0, 0.1) is 6.92 Å². The highest BCUT2D eigenvalue weighted by Crippen LogP contribution is 2.29. The lowest BCUT2D eigenvalue weighted by Crippen LogP contribution is -2.17. The number of fused-ring (bicyclic) bond motifs is 1. The van der Waals surface area contributed by atoms with Crippen molar-refractivity contribution in [2.45, 2.75) is 19.3 Å². The maximum Gasteiger partial charge on any atom is 0.306 e. The van der Waals surface area contributed by atoms with Crippen molar-refractivity contribution in [2.75, 3.05) is 7.11 Å². The Morgan fingerprint density at radius 2 is 1.96 bits per heavy atom. The number of nitrogens with one attached hydrogen (secondary N) is 2. The Labute approximate surface area is 131 Å². The van der Waals surface area contributed by atoms with Gasteiger partial charge in [0.25, 0.3) is 5.56 Å². The third-order valence-corrected chi connectivity index (χ3v) is 3.85. The van der Waals surface area contributed by atoms with Gasteiger partial charge in [0.2, 0.25) is 0 Å². The quantitative estimate of drug-likeness (QED) is 0.713. The van der Waals surface area contributed by atoms with Gasteiger partial charge in [-0.2, -0.15) is 0 Å². The number of rotatable bonds is 4. The zero-order valence-electron chi connectivity index (χ0n) is 12.8. The fraction of sp³-hybridized carbons (Fsp3) is 0.250. The topological polar surface area (TPSA) is 101 Å². The minimum absolute atomic E-state index is 0.0735. The maximum absolute atomic E-state index is 12.1. The molecule has 23 heavy (non-hydrogen) atoms. The third-order valence-electron chi connectivity index (χ3n) is 3.85. The summed E-state index contributed by atoms with van der Waals surface area (Å²) >= 11 is 0. The molecule has 1 atom stereocenters. The molecule has 0 aliphatic rings. The van der Waals surface area contributed by atoms with Gasteiger partial charge in [-0.3, -0.25) is 24.7 Å². The first-order valence-electron chi connectivity index (χ1n) is 7.14. The molecule has 2 N–H and O–H groups in total. The lowest BCUT2D eigenvalue weighted by molar-refractivity contribution is -0.140. The van der Waals surface area contributed by atoms with Crippen LogP contribution in [0.5, 0.6) is 0 Å². The third kappa shape index (κ3) is 2.85. The second-order valence-electron chi connectivity index (χ2n) is 5.26. The number of H-pyrrole nitrogens is 2. The molecule has 0 saturated carbocycles. The number of benzene rings is 1. The Kier molecular flexibility index (Phi) is 3.92. The van der Waals surface area contributed by atoms with Crippen molar-refractivity contribution in [1.29, 1.82) is 0 Å². The summed E-state index contributed by atoms with van der Waals surface area (Å²) in [5.74, 6) is -0.793. The van der Waals surface area contributed by atoms with Crippen molar-refractivity contribution in [1.82, 2.24) is 20.2 Å². The normalized spacial score (nSPS) is 12.3. The molecule has 2 aromatic heterocycles. The van der Waals surface area contributed by atoms with Gasteiger partial charge in [0.15, 0.2) is 0 Å². The largest absolute Gasteiger partial charge is 0.469 e. The zero-order valence-corrected chi connectivity index (χ0v) is 12.8. The van der Waals surface area contributed by atoms with Crippen molar-refractivity contribution in [3.05, 3.63) is 57.8 Å². The minimum atomic E-state index is -0.413. The molecule has 3 aromatic rings. The van der Waals surface area contributed by atoms with Gasteiger partial charge in [0, 0.05) is 29.6 Å². The predicted octanol–water partition coefficient (Wildman–Crippen LogP) is 1.65. The molecule has 0 aliphatic heterocycles. The summed E-state index contributed by atoms with van der Waals surface area (Å²) in [5.41, 5.74) is 3.27. The van der Waals surface area contributed by atoms with Crippen LogP contribution in [0.25, 0.3) is 11.0 Å². The second kappa shape index (κ2) is 6.04. The fourth-order valence-electron chi connectivity index (χ4n) is 2.71. The van der Waals surface area contributed by atoms with Crippen LogP contribution in [0.1, 0.15) is 29.2 Å². The zero-order chi connectivity index (χ0) is 16.4. The minimum Gasteiger partial charge on any atom is -0.469 e. The Morgan fingerprint density at radius 3 is 2.61 bits per heavy atom. The van der Waals surface area contributed by atoms with Crippen LogP contribution in [0.4, 0.5) is 0 Å². The van der Waals surface area contributed by atoms with E-state index in [1.807, 2.05) is 18.2 Å². The Bertz CT molecular complexity index is 913. The highest BCUT2D eigenvalue weighted by Gasteiger charge is 2.24. The van der Waals surface area contributed by atoms with Crippen molar-refractivity contribution >= 4 is 17.0 Å². The number of carbonyl (C=O) groups excluding carboxylic acids is 1. The van der Waals surface area contributed by atoms with Gasteiger partial charge in [0.05, 0.1) is 24.6 Å². The number of hydrogen-bond acceptors (Lipinski definition) is 5. The number of hydrogen-bond donors (Lipinski definition) is 2. The van der Waals surface area contributed by atoms with Crippen molar-refractivity contribution in [2.24, 2.45) is 0 Å². The number of aryl methyl sites for hydroxylation is 1. The van der Waals surface area contributed by atoms with Crippen LogP contribution in [-0.4, -0.2) is 33.2 Å². The molecule has 2 heterocycles. The molecular weight excluding hydrogens is 296 g/mol. The summed E-state index contributed by atoms with van der Waals surface area (Å²) in [7, 11) is 1.33. The number of methoxy groups -OCH3 is 1. The van der Waals surface area contributed by atoms with Gasteiger partial charge in [-0.1, -0.05) is 6.07 Å². The van der Waals surface area contributed by atoms with E-state index in [9.17, 15) is 9.59 Å². The summed E-state index contributed by atoms with van der Waals surface area (Å²) < 4.78 is 4.78. The molecule has 3 rings (SSSR count). The van der Waals surface area contributed by atoms with E-state index in [2.05, 4.69) is 20.2 Å². The van der Waals surface area contributed by atoms with Crippen LogP contribution < -0.4 is 5.56 Å². The predicted molar refractivity (Wildman–Crippen MR) is 84.2 cm³/mol. The number of nitrogens with zero attached hydrogens (tertiary/aromatic N) is 2. The van der Waals surface area contributed by atoms with Crippen LogP contribution in [0.3, 0.4) is 0 Å². The Hall–Kier alpha value is -2.96. The molecule has 0 unspecified atom stereocenters. The van der Waals surface area contributed by atoms with Gasteiger partial charge in [0.1, 0.15) is 0 Å². The first-order valence-corrected chi connectivity index (χ1v) is 7.14. The van der Waals surface area contributed by atoms with Gasteiger partial charge in [-0.25, -0.2) is 0 Å². The summed E-state index contributed by atoms with van der Waals surface area (Å²) in [4.78, 5) is 32.4. The van der Waals surface area contributed by atoms with Crippen LogP contribution in [0.2, 0.25) is 0 Å². The lowest BCUT2D eigenvalue weighted by Gasteiger charge is -2.15. The van der Waals surface area contributed by atoms with Crippen LogP contribution in [0.15, 0.2) is 35.4 Å². The first kappa shape index (κ1) is 15.0. The number of ether oxygens (including phenoxy) is 1. The van der Waals surface area contributed by atoms with E-state index in [-0.39, 0.29) is 17.9 Å². The van der Waals surface area contributed by atoms with E-state index < -0.39 is 5.92 Å². The molecule has 118 valence electrons. The fourth-order valence-corrected chi connectivity index (χ4v) is 2.71. The monoisotopic (exact) mass is 312 g/mol. The summed E-state index contributed by atoms with van der Waals surface area (Å²) in [6.45, 7) is 1.79. The van der Waals surface area contributed by atoms with Crippen molar-refractivity contribution in [3.8, 4) is 0 Å². The smallest absolute Gasteiger partial charge is 0.306 e. The second-order valence-corrected chi connectivity index (χ2v) is 5.26. The molecule has 1 aromatic carbocycles. The lowest BCUT2D eigenvalue weighted by atomic mass is 9.88. The van der Waals surface area contributed by atoms with E-state index in [1.54, 1.807) is 19.3 Å². The molecule has 0 aliphatic carbocycles. The Morgan fingerprint density at radius 1 is 1.22 bits per heavy atom. The van der Waals surface area contributed by atoms with Gasteiger partial charge in [-0.05, 0) is 24.6 Å². The standard InChI is InChI=1S/C16H16N4O3/c1-9-15(16(22)20-19-9)11(8-14(21)23-2)10-3-4-12-13(7-10)18-6-5-17-12/h3-7,11H,8H2,1-2H3,(H2,19,20,22)/t11-/m0/s1. The van der Waals surface area contributed by atoms with E-state index in [0.717, 1.165) is 11.1 Å². The number of carbonyl (C=O) groups is 1. The molecule has 7 heteroatoms. The van der Waals surface area contributed by atoms with Gasteiger partial charge in [-0.15, -0.1) is 0 Å². The van der Waals surface area contributed by atoms with Gasteiger partial charge < -0.3 is 9.84 Å². The number of esters is 1. The highest BCUT2D eigenvalue weighted by molar-refractivity contribution is 5.76. The summed E-state index contributed by atoms with van der Waals surface area (Å²) in [6, 6.07) is 5.54. The molecule has 0 radical (unpaired) electrons. The molecule has 0 spiro atoms. The maximum atomic E-state index is 12.1. The number of aromatic amines is 2. The van der Waals surface area contributed by atoms with E-state index >= 15 is 0 Å². The first-order chi connectivity index (χ1) is 11.1. The SMILES string of the molecule is COC(=O)C[C@@H](c1ccc2nccnc2c1)c1c(C)[nH][nH]c1=O. The Balaban J connectivity index is 2.13. The van der Waals surface area contributed by atoms with E-state index in [4.69, 9.17) is 4.74 Å². The number of aromatic nitrogens is 4.